The van der Waals surface area contributed by atoms with E-state index in [1.807, 2.05) is 11.6 Å². The first-order valence-electron chi connectivity index (χ1n) is 6.56. The van der Waals surface area contributed by atoms with Crippen LogP contribution in [-0.4, -0.2) is 15.4 Å². The maximum absolute atomic E-state index is 6.37. The minimum atomic E-state index is 0.166. The minimum Gasteiger partial charge on any atom is -0.327 e. The Labute approximate surface area is 115 Å². The van der Waals surface area contributed by atoms with Crippen LogP contribution in [0.5, 0.6) is 0 Å². The van der Waals surface area contributed by atoms with Crippen molar-refractivity contribution in [1.82, 2.24) is 9.38 Å². The van der Waals surface area contributed by atoms with Crippen LogP contribution in [-0.2, 0) is 12.8 Å². The van der Waals surface area contributed by atoms with Gasteiger partial charge in [-0.25, -0.2) is 4.98 Å². The molecule has 2 unspecified atom stereocenters. The number of nitrogens with zero attached hydrogens (tertiary/aromatic N) is 2. The third kappa shape index (κ3) is 1.79. The van der Waals surface area contributed by atoms with Crippen LogP contribution in [0.4, 0.5) is 0 Å². The third-order valence-corrected chi connectivity index (χ3v) is 4.77. The Balaban J connectivity index is 1.53. The average Bonchev–Trinajstić information content (AvgIpc) is 2.91. The smallest absolute Gasteiger partial charge is 0.193 e. The molecule has 4 rings (SSSR count). The maximum Gasteiger partial charge on any atom is 0.193 e. The van der Waals surface area contributed by atoms with E-state index in [-0.39, 0.29) is 6.04 Å². The maximum atomic E-state index is 6.37. The number of nitrogens with two attached hydrogens (primary N) is 1. The highest BCUT2D eigenvalue weighted by Gasteiger charge is 2.30. The summed E-state index contributed by atoms with van der Waals surface area (Å²) in [6.07, 6.45) is 6.10. The molecular weight excluding hydrogens is 254 g/mol. The lowest BCUT2D eigenvalue weighted by molar-refractivity contribution is 0.478. The van der Waals surface area contributed by atoms with Crippen molar-refractivity contribution in [2.45, 2.75) is 24.8 Å². The number of fused-ring (bicyclic) bond motifs is 2. The van der Waals surface area contributed by atoms with Crippen LogP contribution in [0.25, 0.3) is 4.96 Å². The molecule has 1 aliphatic carbocycles. The van der Waals surface area contributed by atoms with Crippen LogP contribution >= 0.6 is 11.3 Å². The minimum absolute atomic E-state index is 0.166. The summed E-state index contributed by atoms with van der Waals surface area (Å²) >= 11 is 1.66. The molecule has 3 aromatic rings. The molecule has 1 aliphatic rings. The van der Waals surface area contributed by atoms with Crippen LogP contribution in [0.2, 0.25) is 0 Å². The molecule has 19 heavy (non-hydrogen) atoms. The van der Waals surface area contributed by atoms with Gasteiger partial charge in [0.05, 0.1) is 5.69 Å². The first-order valence-corrected chi connectivity index (χ1v) is 7.44. The average molecular weight is 269 g/mol. The second kappa shape index (κ2) is 4.18. The van der Waals surface area contributed by atoms with Gasteiger partial charge in [-0.3, -0.25) is 4.40 Å². The van der Waals surface area contributed by atoms with Crippen molar-refractivity contribution in [3.05, 3.63) is 58.9 Å². The molecule has 2 heterocycles. The molecule has 0 radical (unpaired) electrons. The molecule has 2 atom stereocenters. The predicted octanol–water partition coefficient (Wildman–Crippen LogP) is 2.61. The molecule has 0 fully saturated rings. The Morgan fingerprint density at radius 1 is 1.42 bits per heavy atom. The molecule has 0 saturated carbocycles. The zero-order valence-electron chi connectivity index (χ0n) is 10.5. The van der Waals surface area contributed by atoms with Gasteiger partial charge < -0.3 is 5.73 Å². The van der Waals surface area contributed by atoms with Gasteiger partial charge >= 0.3 is 0 Å². The number of benzene rings is 1. The SMILES string of the molecule is NC(Cc1cn2ccsc2n1)C1Cc2ccccc21. The largest absolute Gasteiger partial charge is 0.327 e. The molecule has 2 aromatic heterocycles. The topological polar surface area (TPSA) is 43.3 Å². The molecular formula is C15H15N3S. The summed E-state index contributed by atoms with van der Waals surface area (Å²) in [5, 5.41) is 2.05. The van der Waals surface area contributed by atoms with E-state index in [1.54, 1.807) is 11.3 Å². The van der Waals surface area contributed by atoms with E-state index in [9.17, 15) is 0 Å². The number of hydrogen-bond donors (Lipinski definition) is 1. The van der Waals surface area contributed by atoms with E-state index >= 15 is 0 Å². The normalized spacial score (nSPS) is 19.1. The molecule has 0 spiro atoms. The highest BCUT2D eigenvalue weighted by atomic mass is 32.1. The van der Waals surface area contributed by atoms with Crippen molar-refractivity contribution in [3.63, 3.8) is 0 Å². The summed E-state index contributed by atoms with van der Waals surface area (Å²) in [5.74, 6) is 0.496. The summed E-state index contributed by atoms with van der Waals surface area (Å²) in [6, 6.07) is 8.77. The summed E-state index contributed by atoms with van der Waals surface area (Å²) in [5.41, 5.74) is 10.4. The fourth-order valence-electron chi connectivity index (χ4n) is 2.94. The lowest BCUT2D eigenvalue weighted by Crippen LogP contribution is -2.37. The van der Waals surface area contributed by atoms with Gasteiger partial charge in [-0.1, -0.05) is 24.3 Å². The van der Waals surface area contributed by atoms with Crippen LogP contribution in [0.15, 0.2) is 42.0 Å². The van der Waals surface area contributed by atoms with Crippen molar-refractivity contribution in [2.24, 2.45) is 5.73 Å². The number of thiazole rings is 1. The van der Waals surface area contributed by atoms with Gasteiger partial charge in [0.2, 0.25) is 0 Å². The third-order valence-electron chi connectivity index (χ3n) is 4.00. The van der Waals surface area contributed by atoms with Crippen molar-refractivity contribution in [1.29, 1.82) is 0 Å². The molecule has 2 N–H and O–H groups in total. The molecule has 0 amide bonds. The highest BCUT2D eigenvalue weighted by Crippen LogP contribution is 2.37. The molecule has 3 nitrogen and oxygen atoms in total. The molecule has 0 bridgehead atoms. The van der Waals surface area contributed by atoms with Crippen LogP contribution in [0.3, 0.4) is 0 Å². The standard InChI is InChI=1S/C15H15N3S/c16-14(13-7-10-3-1-2-4-12(10)13)8-11-9-18-5-6-19-15(18)17-11/h1-6,9,13-14H,7-8,16H2. The fraction of sp³-hybridized carbons (Fsp3) is 0.267. The van der Waals surface area contributed by atoms with Crippen molar-refractivity contribution in [3.8, 4) is 0 Å². The Hall–Kier alpha value is -1.65. The Morgan fingerprint density at radius 3 is 3.16 bits per heavy atom. The number of rotatable bonds is 3. The zero-order valence-corrected chi connectivity index (χ0v) is 11.3. The van der Waals surface area contributed by atoms with Crippen molar-refractivity contribution in [2.75, 3.05) is 0 Å². The molecule has 4 heteroatoms. The van der Waals surface area contributed by atoms with Crippen LogP contribution in [0.1, 0.15) is 22.7 Å². The van der Waals surface area contributed by atoms with E-state index in [4.69, 9.17) is 5.73 Å². The quantitative estimate of drug-likeness (QED) is 0.794. The molecule has 96 valence electrons. The lowest BCUT2D eigenvalue weighted by Gasteiger charge is -2.34. The predicted molar refractivity (Wildman–Crippen MR) is 77.6 cm³/mol. The lowest BCUT2D eigenvalue weighted by atomic mass is 9.73. The number of hydrogen-bond acceptors (Lipinski definition) is 3. The van der Waals surface area contributed by atoms with Crippen LogP contribution in [0, 0.1) is 0 Å². The second-order valence-electron chi connectivity index (χ2n) is 5.20. The van der Waals surface area contributed by atoms with E-state index in [2.05, 4.69) is 39.8 Å². The fourth-order valence-corrected chi connectivity index (χ4v) is 3.66. The van der Waals surface area contributed by atoms with E-state index in [0.29, 0.717) is 5.92 Å². The van der Waals surface area contributed by atoms with E-state index < -0.39 is 0 Å². The summed E-state index contributed by atoms with van der Waals surface area (Å²) in [4.78, 5) is 5.66. The first kappa shape index (κ1) is 11.2. The Kier molecular flexibility index (Phi) is 2.47. The Morgan fingerprint density at radius 2 is 2.32 bits per heavy atom. The number of imidazole rings is 1. The van der Waals surface area contributed by atoms with Crippen LogP contribution < -0.4 is 5.73 Å². The first-order chi connectivity index (χ1) is 9.31. The summed E-state index contributed by atoms with van der Waals surface area (Å²) < 4.78 is 2.07. The summed E-state index contributed by atoms with van der Waals surface area (Å²) in [6.45, 7) is 0. The summed E-state index contributed by atoms with van der Waals surface area (Å²) in [7, 11) is 0. The van der Waals surface area contributed by atoms with Crippen molar-refractivity contribution < 1.29 is 0 Å². The van der Waals surface area contributed by atoms with Gasteiger partial charge in [0.1, 0.15) is 0 Å². The Bertz CT molecular complexity index is 699. The number of aromatic nitrogens is 2. The zero-order chi connectivity index (χ0) is 12.8. The molecule has 0 saturated heterocycles. The van der Waals surface area contributed by atoms with Gasteiger partial charge in [0.25, 0.3) is 0 Å². The van der Waals surface area contributed by atoms with Gasteiger partial charge in [0, 0.05) is 36.2 Å². The van der Waals surface area contributed by atoms with E-state index in [1.165, 1.54) is 11.1 Å². The van der Waals surface area contributed by atoms with Gasteiger partial charge in [-0.15, -0.1) is 11.3 Å². The molecule has 1 aromatic carbocycles. The van der Waals surface area contributed by atoms with Gasteiger partial charge in [-0.05, 0) is 17.5 Å². The van der Waals surface area contributed by atoms with Gasteiger partial charge in [0.15, 0.2) is 4.96 Å². The molecule has 0 aliphatic heterocycles. The highest BCUT2D eigenvalue weighted by molar-refractivity contribution is 7.15. The monoisotopic (exact) mass is 269 g/mol. The van der Waals surface area contributed by atoms with Crippen molar-refractivity contribution >= 4 is 16.3 Å². The van der Waals surface area contributed by atoms with E-state index in [0.717, 1.165) is 23.5 Å². The van der Waals surface area contributed by atoms with Gasteiger partial charge in [-0.2, -0.15) is 0 Å². The second-order valence-corrected chi connectivity index (χ2v) is 6.08.